The van der Waals surface area contributed by atoms with Gasteiger partial charge in [-0.25, -0.2) is 14.2 Å². The van der Waals surface area contributed by atoms with Gasteiger partial charge in [0.15, 0.2) is 5.60 Å². The molecule has 74 heavy (non-hydrogen) atoms. The molecule has 3 heterocycles. The highest BCUT2D eigenvalue weighted by Gasteiger charge is 2.54. The molecule has 382 valence electrons. The molecule has 5 aromatic rings. The van der Waals surface area contributed by atoms with Gasteiger partial charge in [-0.05, 0) is 129 Å². The fraction of sp³-hybridized carbons (Fsp3) is 0.295. The molecular formula is C61H62Br2ClN4O6+. The molecule has 10 nitrogen and oxygen atoms in total. The Labute approximate surface area is 458 Å². The molecule has 0 aromatic heterocycles. The highest BCUT2D eigenvalue weighted by molar-refractivity contribution is 9.11. The number of methoxy groups -OCH3 is 1. The zero-order valence-electron chi connectivity index (χ0n) is 43.5. The van der Waals surface area contributed by atoms with E-state index in [0.29, 0.717) is 28.4 Å². The van der Waals surface area contributed by atoms with Crippen molar-refractivity contribution in [2.24, 2.45) is 0 Å². The smallest absolute Gasteiger partial charge is 0.340 e. The number of nitrogens with zero attached hydrogens (tertiary/aromatic N) is 4. The minimum Gasteiger partial charge on any atom is -0.465 e. The first-order valence-corrected chi connectivity index (χ1v) is 26.6. The Balaban J connectivity index is 0.000000213. The highest BCUT2D eigenvalue weighted by atomic mass is 79.9. The van der Waals surface area contributed by atoms with Crippen LogP contribution in [0, 0.1) is 24.7 Å². The van der Waals surface area contributed by atoms with Crippen molar-refractivity contribution in [3.05, 3.63) is 150 Å². The van der Waals surface area contributed by atoms with Gasteiger partial charge in [0.05, 0.1) is 46.9 Å². The summed E-state index contributed by atoms with van der Waals surface area (Å²) in [7, 11) is 1.40. The van der Waals surface area contributed by atoms with Gasteiger partial charge in [0.2, 0.25) is 5.36 Å². The van der Waals surface area contributed by atoms with E-state index in [0.717, 1.165) is 139 Å². The monoisotopic (exact) mass is 1140 g/mol. The van der Waals surface area contributed by atoms with Crippen LogP contribution in [-0.2, 0) is 15.1 Å². The van der Waals surface area contributed by atoms with E-state index in [1.54, 1.807) is 6.07 Å². The maximum atomic E-state index is 13.2. The zero-order valence-corrected chi connectivity index (χ0v) is 47.4. The first kappa shape index (κ1) is 55.1. The lowest BCUT2D eigenvalue weighted by molar-refractivity contribution is 0.0224. The van der Waals surface area contributed by atoms with E-state index in [9.17, 15) is 9.59 Å². The number of ether oxygens (including phenoxy) is 3. The Bertz CT molecular complexity index is 3410. The SMILES string of the molecule is C#Cc1cc2c(-c3ccccc3C(=O)OC)c3cc(Br)c(N(CC)CC)cc3oc-2cc1=[N+](CC)CC.C#Cc1cc2c(cc1N(CC)CC)Oc1cc(N(CC)CC)c(Br)cc1C21OC(=O)c2ccccc21.Cl. The summed E-state index contributed by atoms with van der Waals surface area (Å²) in [6.45, 7) is 23.6. The first-order valence-electron chi connectivity index (χ1n) is 25.1. The summed E-state index contributed by atoms with van der Waals surface area (Å²) in [5, 5.41) is 1.83. The lowest BCUT2D eigenvalue weighted by atomic mass is 9.77. The first-order chi connectivity index (χ1) is 35.3. The Morgan fingerprint density at radius 3 is 1.78 bits per heavy atom. The fourth-order valence-corrected chi connectivity index (χ4v) is 11.6. The Morgan fingerprint density at radius 1 is 0.649 bits per heavy atom. The molecule has 13 heteroatoms. The number of esters is 2. The van der Waals surface area contributed by atoms with Crippen molar-refractivity contribution < 1.29 is 28.2 Å². The lowest BCUT2D eigenvalue weighted by Gasteiger charge is -2.38. The third-order valence-corrected chi connectivity index (χ3v) is 15.4. The topological polar surface area (TPSA) is 87.7 Å². The summed E-state index contributed by atoms with van der Waals surface area (Å²) in [4.78, 5) is 32.7. The van der Waals surface area contributed by atoms with Crippen molar-refractivity contribution in [1.82, 2.24) is 4.58 Å². The predicted octanol–water partition coefficient (Wildman–Crippen LogP) is 13.5. The summed E-state index contributed by atoms with van der Waals surface area (Å²) in [6, 6.07) is 31.2. The lowest BCUT2D eigenvalue weighted by Crippen LogP contribution is -2.34. The molecule has 1 spiro atoms. The highest BCUT2D eigenvalue weighted by Crippen LogP contribution is 2.58. The Hall–Kier alpha value is -6.70. The maximum absolute atomic E-state index is 13.2. The van der Waals surface area contributed by atoms with Crippen LogP contribution >= 0.6 is 44.3 Å². The molecule has 0 saturated carbocycles. The molecule has 1 atom stereocenters. The average molecular weight is 1140 g/mol. The van der Waals surface area contributed by atoms with Gasteiger partial charge in [0.25, 0.3) is 0 Å². The molecule has 1 aliphatic carbocycles. The fourth-order valence-electron chi connectivity index (χ4n) is 10.4. The van der Waals surface area contributed by atoms with Crippen molar-refractivity contribution in [3.63, 3.8) is 0 Å². The number of halogens is 3. The Kier molecular flexibility index (Phi) is 17.3. The van der Waals surface area contributed by atoms with Crippen LogP contribution < -0.4 is 29.4 Å². The maximum Gasteiger partial charge on any atom is 0.340 e. The molecule has 0 fully saturated rings. The number of hydrogen-bond acceptors (Lipinski definition) is 9. The van der Waals surface area contributed by atoms with Crippen LogP contribution in [0.3, 0.4) is 0 Å². The van der Waals surface area contributed by atoms with Crippen LogP contribution in [0.5, 0.6) is 11.5 Å². The number of hydrogen-bond donors (Lipinski definition) is 0. The van der Waals surface area contributed by atoms with E-state index in [1.807, 2.05) is 78.9 Å². The van der Waals surface area contributed by atoms with Gasteiger partial charge in [-0.15, -0.1) is 25.3 Å². The normalized spacial score (nSPS) is 13.7. The van der Waals surface area contributed by atoms with Crippen molar-refractivity contribution in [2.45, 2.75) is 61.0 Å². The van der Waals surface area contributed by atoms with Crippen LogP contribution in [0.2, 0.25) is 0 Å². The number of fused-ring (bicyclic) bond motifs is 8. The number of carbonyl (C=O) groups excluding carboxylic acids is 2. The van der Waals surface area contributed by atoms with E-state index >= 15 is 0 Å². The molecule has 0 bridgehead atoms. The predicted molar refractivity (Wildman–Crippen MR) is 310 cm³/mol. The number of rotatable bonds is 13. The van der Waals surface area contributed by atoms with Crippen LogP contribution in [0.1, 0.15) is 104 Å². The van der Waals surface area contributed by atoms with Crippen molar-refractivity contribution in [1.29, 1.82) is 0 Å². The van der Waals surface area contributed by atoms with Crippen molar-refractivity contribution in [2.75, 3.05) is 74.2 Å². The summed E-state index contributed by atoms with van der Waals surface area (Å²) in [6.07, 6.45) is 12.0. The second kappa shape index (κ2) is 23.2. The summed E-state index contributed by atoms with van der Waals surface area (Å²) < 4.78 is 28.7. The van der Waals surface area contributed by atoms with Crippen LogP contribution in [0.4, 0.5) is 17.1 Å². The van der Waals surface area contributed by atoms with E-state index in [2.05, 4.69) is 130 Å². The molecule has 1 unspecified atom stereocenters. The van der Waals surface area contributed by atoms with Gasteiger partial charge in [0.1, 0.15) is 35.9 Å². The van der Waals surface area contributed by atoms with Gasteiger partial charge in [-0.1, -0.05) is 48.2 Å². The molecule has 0 radical (unpaired) electrons. The van der Waals surface area contributed by atoms with E-state index in [-0.39, 0.29) is 18.4 Å². The zero-order chi connectivity index (χ0) is 52.3. The molecule has 0 N–H and O–H groups in total. The molecular weight excluding hydrogens is 1080 g/mol. The van der Waals surface area contributed by atoms with E-state index in [4.69, 9.17) is 31.5 Å². The van der Waals surface area contributed by atoms with Crippen molar-refractivity contribution in [3.8, 4) is 58.6 Å². The molecule has 5 aromatic carbocycles. The van der Waals surface area contributed by atoms with Crippen LogP contribution in [-0.4, -0.2) is 71.4 Å². The third kappa shape index (κ3) is 9.53. The second-order valence-corrected chi connectivity index (χ2v) is 19.2. The largest absolute Gasteiger partial charge is 0.465 e. The Morgan fingerprint density at radius 2 is 1.19 bits per heavy atom. The van der Waals surface area contributed by atoms with Crippen molar-refractivity contribution >= 4 is 84.2 Å². The molecule has 0 saturated heterocycles. The van der Waals surface area contributed by atoms with E-state index in [1.165, 1.54) is 7.11 Å². The van der Waals surface area contributed by atoms with Crippen LogP contribution in [0.15, 0.2) is 110 Å². The summed E-state index contributed by atoms with van der Waals surface area (Å²) in [5.74, 6) is 6.98. The minimum atomic E-state index is -1.16. The molecule has 3 aliphatic heterocycles. The number of anilines is 3. The second-order valence-electron chi connectivity index (χ2n) is 17.5. The third-order valence-electron chi connectivity index (χ3n) is 14.1. The number of terminal acetylenes is 2. The average Bonchev–Trinajstić information content (AvgIpc) is 3.71. The quantitative estimate of drug-likeness (QED) is 0.0485. The van der Waals surface area contributed by atoms with E-state index < -0.39 is 11.6 Å². The standard InChI is InChI=1S/C31H32BrN2O3.C30H29BrN2O3.ClH/c1-7-20-16-23-28(18-26(20)33(8-2)9-3)37-29-19-27(34(10-4)11-5)25(32)17-24(29)30(23)21-14-12-13-15-22(21)31(35)36-6;1-6-19-15-22-27(17-25(19)32(7-2)8-3)35-28-18-26(33(9-4)10-5)24(31)16-23(28)30(22)21-14-12-11-13-20(21)29(34)36-30;/h1,12-19H,8-11H2,2-6H3;1,11-18H,7-10H2,2-5H3;1H/q+1;;. The molecule has 9 rings (SSSR count). The van der Waals surface area contributed by atoms with Gasteiger partial charge >= 0.3 is 11.9 Å². The van der Waals surface area contributed by atoms with Gasteiger partial charge in [0, 0.05) is 105 Å². The van der Waals surface area contributed by atoms with Gasteiger partial charge in [-0.3, -0.25) is 0 Å². The molecule has 4 aliphatic rings. The minimum absolute atomic E-state index is 0. The van der Waals surface area contributed by atoms with Crippen LogP contribution in [0.25, 0.3) is 33.4 Å². The summed E-state index contributed by atoms with van der Waals surface area (Å²) >= 11 is 7.58. The number of benzene rings is 6. The summed E-state index contributed by atoms with van der Waals surface area (Å²) in [5.41, 5.74) is 9.92. The molecule has 0 amide bonds. The number of carbonyl (C=O) groups is 2. The van der Waals surface area contributed by atoms with Gasteiger partial charge < -0.3 is 33.3 Å². The van der Waals surface area contributed by atoms with Gasteiger partial charge in [-0.2, -0.15) is 0 Å².